The van der Waals surface area contributed by atoms with Gasteiger partial charge in [0.1, 0.15) is 23.9 Å². The van der Waals surface area contributed by atoms with E-state index < -0.39 is 15.7 Å². The third kappa shape index (κ3) is 5.78. The summed E-state index contributed by atoms with van der Waals surface area (Å²) in [6, 6.07) is 10.2. The first-order chi connectivity index (χ1) is 16.0. The molecular weight excluding hydrogens is 480 g/mol. The van der Waals surface area contributed by atoms with Gasteiger partial charge in [-0.25, -0.2) is 4.68 Å². The third-order valence-electron chi connectivity index (χ3n) is 5.29. The summed E-state index contributed by atoms with van der Waals surface area (Å²) < 4.78 is 46.0. The lowest BCUT2D eigenvalue weighted by molar-refractivity contribution is 0.292. The topological polar surface area (TPSA) is 108 Å². The molecule has 182 valence electrons. The molecule has 0 atom stereocenters. The van der Waals surface area contributed by atoms with Crippen LogP contribution >= 0.6 is 11.6 Å². The molecular formula is C24H27ClN2O6S. The van der Waals surface area contributed by atoms with Crippen molar-refractivity contribution in [3.63, 3.8) is 0 Å². The van der Waals surface area contributed by atoms with Gasteiger partial charge in [0.05, 0.1) is 12.2 Å². The predicted molar refractivity (Wildman–Crippen MR) is 129 cm³/mol. The fourth-order valence-electron chi connectivity index (χ4n) is 3.45. The molecule has 0 aliphatic heterocycles. The van der Waals surface area contributed by atoms with Crippen LogP contribution in [0.15, 0.2) is 52.3 Å². The van der Waals surface area contributed by atoms with Crippen LogP contribution in [0, 0.1) is 6.92 Å². The number of hydrogen-bond donors (Lipinski definition) is 1. The lowest BCUT2D eigenvalue weighted by atomic mass is 10.1. The molecule has 3 rings (SSSR count). The smallest absolute Gasteiger partial charge is 0.298 e. The highest BCUT2D eigenvalue weighted by molar-refractivity contribution is 7.86. The molecule has 0 amide bonds. The Morgan fingerprint density at radius 2 is 1.65 bits per heavy atom. The fourth-order valence-corrected chi connectivity index (χ4v) is 4.30. The normalized spacial score (nSPS) is 11.6. The molecule has 0 bridgehead atoms. The van der Waals surface area contributed by atoms with E-state index in [0.717, 1.165) is 22.3 Å². The first kappa shape index (κ1) is 25.7. The van der Waals surface area contributed by atoms with Crippen LogP contribution in [-0.4, -0.2) is 22.8 Å². The van der Waals surface area contributed by atoms with Gasteiger partial charge < -0.3 is 9.47 Å². The standard InChI is InChI=1S/C24H27ClN2O6S/c1-5-19-16(4)6-11-21(34(29,30)31)23(19)33-14-18-9-7-17(8-10-18)13-32-20-12-26-27(15(2)3)24(28)22(20)25/h6-12,15H,5,13-14H2,1-4H3,(H,29,30,31). The molecule has 0 radical (unpaired) electrons. The number of aryl methyl sites for hydroxylation is 1. The molecule has 1 N–H and O–H groups in total. The Kier molecular flexibility index (Phi) is 8.01. The summed E-state index contributed by atoms with van der Waals surface area (Å²) in [5.74, 6) is 0.371. The van der Waals surface area contributed by atoms with Crippen molar-refractivity contribution < 1.29 is 22.4 Å². The van der Waals surface area contributed by atoms with E-state index in [1.54, 1.807) is 6.07 Å². The van der Waals surface area contributed by atoms with Crippen molar-refractivity contribution in [2.45, 2.75) is 58.3 Å². The second-order valence-electron chi connectivity index (χ2n) is 8.08. The number of rotatable bonds is 9. The largest absolute Gasteiger partial charge is 0.487 e. The van der Waals surface area contributed by atoms with E-state index >= 15 is 0 Å². The minimum Gasteiger partial charge on any atom is -0.487 e. The molecule has 0 fully saturated rings. The summed E-state index contributed by atoms with van der Waals surface area (Å²) in [6.07, 6.45) is 1.98. The lowest BCUT2D eigenvalue weighted by Gasteiger charge is -2.16. The highest BCUT2D eigenvalue weighted by Crippen LogP contribution is 2.32. The second-order valence-corrected chi connectivity index (χ2v) is 9.84. The molecule has 1 aromatic heterocycles. The zero-order valence-corrected chi connectivity index (χ0v) is 21.0. The summed E-state index contributed by atoms with van der Waals surface area (Å²) in [7, 11) is -4.42. The Hall–Kier alpha value is -2.88. The molecule has 3 aromatic rings. The average molecular weight is 507 g/mol. The third-order valence-corrected chi connectivity index (χ3v) is 6.52. The first-order valence-electron chi connectivity index (χ1n) is 10.7. The van der Waals surface area contributed by atoms with Gasteiger partial charge in [0, 0.05) is 0 Å². The highest BCUT2D eigenvalue weighted by Gasteiger charge is 2.21. The van der Waals surface area contributed by atoms with Crippen LogP contribution in [0.4, 0.5) is 0 Å². The second kappa shape index (κ2) is 10.6. The van der Waals surface area contributed by atoms with Crippen molar-refractivity contribution >= 4 is 21.7 Å². The quantitative estimate of drug-likeness (QED) is 0.417. The Bertz CT molecular complexity index is 1330. The molecule has 1 heterocycles. The number of hydrogen-bond acceptors (Lipinski definition) is 6. The molecule has 0 unspecified atom stereocenters. The van der Waals surface area contributed by atoms with Crippen LogP contribution in [0.25, 0.3) is 0 Å². The van der Waals surface area contributed by atoms with Crippen LogP contribution in [-0.2, 0) is 29.8 Å². The van der Waals surface area contributed by atoms with Crippen LogP contribution in [0.3, 0.4) is 0 Å². The van der Waals surface area contributed by atoms with Crippen molar-refractivity contribution in [2.75, 3.05) is 0 Å². The molecule has 0 aliphatic carbocycles. The Morgan fingerprint density at radius 3 is 2.18 bits per heavy atom. The number of halogens is 1. The first-order valence-corrected chi connectivity index (χ1v) is 12.5. The molecule has 0 spiro atoms. The molecule has 0 saturated heterocycles. The van der Waals surface area contributed by atoms with E-state index in [4.69, 9.17) is 21.1 Å². The monoisotopic (exact) mass is 506 g/mol. The van der Waals surface area contributed by atoms with Crippen molar-refractivity contribution in [2.24, 2.45) is 0 Å². The van der Waals surface area contributed by atoms with Gasteiger partial charge in [0.25, 0.3) is 15.7 Å². The fraction of sp³-hybridized carbons (Fsp3) is 0.333. The van der Waals surface area contributed by atoms with E-state index in [1.165, 1.54) is 16.9 Å². The minimum absolute atomic E-state index is 0.0201. The lowest BCUT2D eigenvalue weighted by Crippen LogP contribution is -2.25. The minimum atomic E-state index is -4.42. The van der Waals surface area contributed by atoms with Crippen molar-refractivity contribution in [1.82, 2.24) is 9.78 Å². The van der Waals surface area contributed by atoms with Gasteiger partial charge in [0.15, 0.2) is 10.8 Å². The summed E-state index contributed by atoms with van der Waals surface area (Å²) in [5.41, 5.74) is 2.83. The molecule has 0 aliphatic rings. The van der Waals surface area contributed by atoms with Crippen LogP contribution in [0.2, 0.25) is 5.02 Å². The van der Waals surface area contributed by atoms with Crippen LogP contribution in [0.1, 0.15) is 49.1 Å². The maximum absolute atomic E-state index is 12.2. The van der Waals surface area contributed by atoms with E-state index in [-0.39, 0.29) is 40.7 Å². The van der Waals surface area contributed by atoms with E-state index in [9.17, 15) is 17.8 Å². The predicted octanol–water partition coefficient (Wildman–Crippen LogP) is 4.75. The maximum atomic E-state index is 12.2. The van der Waals surface area contributed by atoms with Crippen LogP contribution in [0.5, 0.6) is 11.5 Å². The maximum Gasteiger partial charge on any atom is 0.298 e. The molecule has 0 saturated carbocycles. The van der Waals surface area contributed by atoms with Crippen molar-refractivity contribution in [1.29, 1.82) is 0 Å². The molecule has 34 heavy (non-hydrogen) atoms. The van der Waals surface area contributed by atoms with Gasteiger partial charge >= 0.3 is 0 Å². The molecule has 8 nitrogen and oxygen atoms in total. The number of aromatic nitrogens is 2. The average Bonchev–Trinajstić information content (AvgIpc) is 2.78. The Balaban J connectivity index is 1.71. The summed E-state index contributed by atoms with van der Waals surface area (Å²) in [6.45, 7) is 7.72. The summed E-state index contributed by atoms with van der Waals surface area (Å²) >= 11 is 6.14. The van der Waals surface area contributed by atoms with Gasteiger partial charge in [-0.1, -0.05) is 48.9 Å². The molecule has 10 heteroatoms. The summed E-state index contributed by atoms with van der Waals surface area (Å²) in [5, 5.41) is 4.06. The van der Waals surface area contributed by atoms with E-state index in [1.807, 2.05) is 52.0 Å². The Morgan fingerprint density at radius 1 is 1.06 bits per heavy atom. The SMILES string of the molecule is CCc1c(C)ccc(S(=O)(=O)O)c1OCc1ccc(COc2cnn(C(C)C)c(=O)c2Cl)cc1. The van der Waals surface area contributed by atoms with Gasteiger partial charge in [-0.3, -0.25) is 9.35 Å². The highest BCUT2D eigenvalue weighted by atomic mass is 35.5. The number of ether oxygens (including phenoxy) is 2. The van der Waals surface area contributed by atoms with E-state index in [0.29, 0.717) is 6.42 Å². The van der Waals surface area contributed by atoms with Gasteiger partial charge in [-0.15, -0.1) is 0 Å². The zero-order valence-electron chi connectivity index (χ0n) is 19.4. The van der Waals surface area contributed by atoms with Gasteiger partial charge in [0.2, 0.25) is 0 Å². The van der Waals surface area contributed by atoms with Gasteiger partial charge in [-0.2, -0.15) is 13.5 Å². The van der Waals surface area contributed by atoms with Gasteiger partial charge in [-0.05, 0) is 55.5 Å². The number of benzene rings is 2. The van der Waals surface area contributed by atoms with Crippen molar-refractivity contribution in [3.8, 4) is 11.5 Å². The van der Waals surface area contributed by atoms with Crippen LogP contribution < -0.4 is 15.0 Å². The zero-order chi connectivity index (χ0) is 25.0. The number of nitrogens with zero attached hydrogens (tertiary/aromatic N) is 2. The molecule has 2 aromatic carbocycles. The summed E-state index contributed by atoms with van der Waals surface area (Å²) in [4.78, 5) is 12.0. The Labute approximate surface area is 203 Å². The van der Waals surface area contributed by atoms with E-state index in [2.05, 4.69) is 5.10 Å². The van der Waals surface area contributed by atoms with Crippen molar-refractivity contribution in [3.05, 3.63) is 80.2 Å².